The van der Waals surface area contributed by atoms with Crippen LogP contribution in [0.3, 0.4) is 0 Å². The third kappa shape index (κ3) is 4.19. The number of nitrogens with zero attached hydrogens (tertiary/aromatic N) is 4. The van der Waals surface area contributed by atoms with Crippen LogP contribution >= 0.6 is 0 Å². The van der Waals surface area contributed by atoms with Crippen molar-refractivity contribution in [3.05, 3.63) is 47.3 Å². The molecule has 1 fully saturated rings. The van der Waals surface area contributed by atoms with E-state index in [0.29, 0.717) is 37.5 Å². The number of ether oxygens (including phenoxy) is 1. The molecule has 9 heteroatoms. The predicted octanol–water partition coefficient (Wildman–Crippen LogP) is 1.90. The molecular formula is C20H24N4O5. The monoisotopic (exact) mass is 400 g/mol. The molecule has 1 atom stereocenters. The van der Waals surface area contributed by atoms with Crippen LogP contribution in [0.5, 0.6) is 5.75 Å². The van der Waals surface area contributed by atoms with Crippen molar-refractivity contribution >= 4 is 12.0 Å². The van der Waals surface area contributed by atoms with Gasteiger partial charge in [0, 0.05) is 31.8 Å². The number of hydrogen-bond acceptors (Lipinski definition) is 5. The van der Waals surface area contributed by atoms with Crippen molar-refractivity contribution in [2.24, 2.45) is 0 Å². The molecule has 1 unspecified atom stereocenters. The average molecular weight is 400 g/mol. The first-order chi connectivity index (χ1) is 14.0. The Morgan fingerprint density at radius 3 is 2.83 bits per heavy atom. The lowest BCUT2D eigenvalue weighted by Gasteiger charge is -2.25. The van der Waals surface area contributed by atoms with Gasteiger partial charge in [-0.1, -0.05) is 18.2 Å². The Kier molecular flexibility index (Phi) is 5.39. The molecule has 2 amide bonds. The minimum Gasteiger partial charge on any atom is -0.508 e. The zero-order valence-corrected chi connectivity index (χ0v) is 16.0. The van der Waals surface area contributed by atoms with Gasteiger partial charge in [0.05, 0.1) is 24.9 Å². The van der Waals surface area contributed by atoms with Gasteiger partial charge in [0.15, 0.2) is 5.69 Å². The Balaban J connectivity index is 1.56. The van der Waals surface area contributed by atoms with Crippen LogP contribution in [0.1, 0.15) is 34.6 Å². The van der Waals surface area contributed by atoms with Crippen LogP contribution in [0.25, 0.3) is 0 Å². The minimum absolute atomic E-state index is 0.0375. The van der Waals surface area contributed by atoms with Crippen molar-refractivity contribution in [3.63, 3.8) is 0 Å². The van der Waals surface area contributed by atoms with Gasteiger partial charge in [0.25, 0.3) is 5.91 Å². The highest BCUT2D eigenvalue weighted by atomic mass is 16.5. The van der Waals surface area contributed by atoms with Gasteiger partial charge in [-0.2, -0.15) is 5.10 Å². The summed E-state index contributed by atoms with van der Waals surface area (Å²) in [5.74, 6) is -0.119. The third-order valence-corrected chi connectivity index (χ3v) is 5.38. The fourth-order valence-electron chi connectivity index (χ4n) is 3.80. The van der Waals surface area contributed by atoms with Gasteiger partial charge >= 0.3 is 6.09 Å². The number of phenols is 1. The molecule has 4 rings (SSSR count). The fourth-order valence-corrected chi connectivity index (χ4v) is 3.80. The molecule has 2 aliphatic rings. The second-order valence-corrected chi connectivity index (χ2v) is 7.40. The van der Waals surface area contributed by atoms with E-state index in [1.165, 1.54) is 4.90 Å². The topological polar surface area (TPSA) is 108 Å². The summed E-state index contributed by atoms with van der Waals surface area (Å²) in [6.45, 7) is 2.31. The number of para-hydroxylation sites is 1. The molecule has 1 aromatic carbocycles. The summed E-state index contributed by atoms with van der Waals surface area (Å²) in [7, 11) is 0. The first-order valence-electron chi connectivity index (χ1n) is 9.73. The molecule has 0 radical (unpaired) electrons. The van der Waals surface area contributed by atoms with Crippen molar-refractivity contribution in [1.82, 2.24) is 19.6 Å². The van der Waals surface area contributed by atoms with E-state index in [1.807, 2.05) is 6.07 Å². The van der Waals surface area contributed by atoms with Crippen LogP contribution in [0.4, 0.5) is 4.79 Å². The lowest BCUT2D eigenvalue weighted by Crippen LogP contribution is -2.37. The minimum atomic E-state index is -0.982. The molecule has 0 saturated carbocycles. The molecule has 0 aliphatic carbocycles. The summed E-state index contributed by atoms with van der Waals surface area (Å²) in [5.41, 5.74) is 1.63. The largest absolute Gasteiger partial charge is 0.508 e. The van der Waals surface area contributed by atoms with Gasteiger partial charge in [0.2, 0.25) is 0 Å². The van der Waals surface area contributed by atoms with Gasteiger partial charge in [-0.3, -0.25) is 9.48 Å². The molecular weight excluding hydrogens is 376 g/mol. The van der Waals surface area contributed by atoms with Crippen molar-refractivity contribution in [2.75, 3.05) is 19.7 Å². The summed E-state index contributed by atoms with van der Waals surface area (Å²) in [4.78, 5) is 27.4. The number of hydrogen-bond donors (Lipinski definition) is 2. The number of carbonyl (C=O) groups excluding carboxylic acids is 1. The molecule has 3 heterocycles. The van der Waals surface area contributed by atoms with Gasteiger partial charge in [0.1, 0.15) is 5.75 Å². The number of carboxylic acid groups (broad SMARTS) is 1. The van der Waals surface area contributed by atoms with Crippen LogP contribution in [0.15, 0.2) is 30.3 Å². The SMILES string of the molecule is O=C(O)N1CCn2nc(C(=O)N(Cc3ccccc3O)CC3CCCO3)cc2C1. The molecule has 1 saturated heterocycles. The molecule has 0 spiro atoms. The van der Waals surface area contributed by atoms with E-state index in [0.717, 1.165) is 12.8 Å². The summed E-state index contributed by atoms with van der Waals surface area (Å²) in [5, 5.41) is 23.7. The highest BCUT2D eigenvalue weighted by Gasteiger charge is 2.28. The standard InChI is InChI=1S/C20H24N4O5/c25-18-6-2-1-4-14(18)11-23(13-16-5-3-9-29-16)19(26)17-10-15-12-22(20(27)28)7-8-24(15)21-17/h1-2,4,6,10,16,25H,3,5,7-9,11-13H2,(H,27,28). The summed E-state index contributed by atoms with van der Waals surface area (Å²) >= 11 is 0. The average Bonchev–Trinajstić information content (AvgIpc) is 3.37. The molecule has 29 heavy (non-hydrogen) atoms. The maximum atomic E-state index is 13.3. The zero-order valence-electron chi connectivity index (χ0n) is 16.0. The summed E-state index contributed by atoms with van der Waals surface area (Å²) in [6.07, 6.45) is 0.833. The second kappa shape index (κ2) is 8.12. The van der Waals surface area contributed by atoms with Crippen LogP contribution in [0.2, 0.25) is 0 Å². The quantitative estimate of drug-likeness (QED) is 0.794. The summed E-state index contributed by atoms with van der Waals surface area (Å²) in [6, 6.07) is 8.60. The van der Waals surface area contributed by atoms with Crippen molar-refractivity contribution in [1.29, 1.82) is 0 Å². The Labute approximate surface area is 168 Å². The van der Waals surface area contributed by atoms with E-state index in [9.17, 15) is 19.8 Å². The van der Waals surface area contributed by atoms with Crippen LogP contribution in [-0.2, 0) is 24.4 Å². The molecule has 2 aromatic rings. The highest BCUT2D eigenvalue weighted by molar-refractivity contribution is 5.92. The van der Waals surface area contributed by atoms with E-state index in [4.69, 9.17) is 4.74 Å². The number of fused-ring (bicyclic) bond motifs is 1. The molecule has 9 nitrogen and oxygen atoms in total. The Morgan fingerprint density at radius 2 is 2.10 bits per heavy atom. The third-order valence-electron chi connectivity index (χ3n) is 5.38. The van der Waals surface area contributed by atoms with Crippen LogP contribution in [0, 0.1) is 0 Å². The fraction of sp³-hybridized carbons (Fsp3) is 0.450. The van der Waals surface area contributed by atoms with E-state index < -0.39 is 6.09 Å². The van der Waals surface area contributed by atoms with Crippen molar-refractivity contribution in [2.45, 2.75) is 38.6 Å². The number of carbonyl (C=O) groups is 2. The normalized spacial score (nSPS) is 18.5. The maximum Gasteiger partial charge on any atom is 0.407 e. The molecule has 154 valence electrons. The van der Waals surface area contributed by atoms with E-state index >= 15 is 0 Å². The van der Waals surface area contributed by atoms with Gasteiger partial charge in [-0.25, -0.2) is 4.79 Å². The smallest absolute Gasteiger partial charge is 0.407 e. The van der Waals surface area contributed by atoms with Crippen molar-refractivity contribution < 1.29 is 24.5 Å². The van der Waals surface area contributed by atoms with E-state index in [-0.39, 0.29) is 36.5 Å². The molecule has 1 aromatic heterocycles. The Hall–Kier alpha value is -3.07. The lowest BCUT2D eigenvalue weighted by atomic mass is 10.1. The lowest BCUT2D eigenvalue weighted by molar-refractivity contribution is 0.0500. The van der Waals surface area contributed by atoms with E-state index in [2.05, 4.69) is 5.10 Å². The number of aromatic hydroxyl groups is 1. The summed E-state index contributed by atoms with van der Waals surface area (Å²) < 4.78 is 7.40. The van der Waals surface area contributed by atoms with Crippen LogP contribution < -0.4 is 0 Å². The predicted molar refractivity (Wildman–Crippen MR) is 102 cm³/mol. The zero-order chi connectivity index (χ0) is 20.4. The second-order valence-electron chi connectivity index (χ2n) is 7.40. The first-order valence-corrected chi connectivity index (χ1v) is 9.73. The number of benzene rings is 1. The van der Waals surface area contributed by atoms with Crippen LogP contribution in [-0.4, -0.2) is 67.6 Å². The van der Waals surface area contributed by atoms with Gasteiger partial charge in [-0.05, 0) is 25.0 Å². The molecule has 2 aliphatic heterocycles. The molecule has 2 N–H and O–H groups in total. The first kappa shape index (κ1) is 19.3. The van der Waals surface area contributed by atoms with Gasteiger partial charge in [-0.15, -0.1) is 0 Å². The number of amides is 2. The number of aromatic nitrogens is 2. The van der Waals surface area contributed by atoms with Gasteiger partial charge < -0.3 is 24.7 Å². The highest BCUT2D eigenvalue weighted by Crippen LogP contribution is 2.22. The number of phenolic OH excluding ortho intramolecular Hbond substituents is 1. The maximum absolute atomic E-state index is 13.3. The molecule has 0 bridgehead atoms. The number of rotatable bonds is 5. The Bertz CT molecular complexity index is 906. The Morgan fingerprint density at radius 1 is 1.28 bits per heavy atom. The van der Waals surface area contributed by atoms with E-state index in [1.54, 1.807) is 33.8 Å². The van der Waals surface area contributed by atoms with Crippen molar-refractivity contribution in [3.8, 4) is 5.75 Å².